The first-order valence-electron chi connectivity index (χ1n) is 9.65. The molecule has 0 bridgehead atoms. The van der Waals surface area contributed by atoms with Crippen molar-refractivity contribution in [2.45, 2.75) is 32.0 Å². The summed E-state index contributed by atoms with van der Waals surface area (Å²) in [6.45, 7) is 3.40. The highest BCUT2D eigenvalue weighted by atomic mass is 35.5. The zero-order valence-corrected chi connectivity index (χ0v) is 17.2. The SMILES string of the molecule is CNC1CCCN(CC(=O)NCc2ccccc2COc2ccccc2)C1.Cl. The number of benzene rings is 2. The van der Waals surface area contributed by atoms with Gasteiger partial charge in [0.05, 0.1) is 6.54 Å². The van der Waals surface area contributed by atoms with Gasteiger partial charge in [-0.2, -0.15) is 0 Å². The minimum atomic E-state index is 0. The van der Waals surface area contributed by atoms with Crippen LogP contribution in [0.4, 0.5) is 0 Å². The van der Waals surface area contributed by atoms with E-state index >= 15 is 0 Å². The standard InChI is InChI=1S/C22H29N3O2.ClH/c1-23-20-10-7-13-25(15-20)16-22(26)24-14-18-8-5-6-9-19(18)17-27-21-11-3-2-4-12-21;/h2-6,8-9,11-12,20,23H,7,10,13-17H2,1H3,(H,24,26);1H. The van der Waals surface area contributed by atoms with Crippen molar-refractivity contribution in [3.63, 3.8) is 0 Å². The number of carbonyl (C=O) groups excluding carboxylic acids is 1. The summed E-state index contributed by atoms with van der Waals surface area (Å²) >= 11 is 0. The lowest BCUT2D eigenvalue weighted by Gasteiger charge is -2.31. The first-order valence-corrected chi connectivity index (χ1v) is 9.65. The van der Waals surface area contributed by atoms with E-state index in [1.807, 2.05) is 61.6 Å². The minimum absolute atomic E-state index is 0. The van der Waals surface area contributed by atoms with Gasteiger partial charge in [0.15, 0.2) is 0 Å². The van der Waals surface area contributed by atoms with E-state index in [0.29, 0.717) is 25.7 Å². The monoisotopic (exact) mass is 403 g/mol. The second-order valence-electron chi connectivity index (χ2n) is 7.01. The van der Waals surface area contributed by atoms with Crippen molar-refractivity contribution in [2.24, 2.45) is 0 Å². The van der Waals surface area contributed by atoms with E-state index in [4.69, 9.17) is 4.74 Å². The average Bonchev–Trinajstić information content (AvgIpc) is 2.72. The molecular weight excluding hydrogens is 374 g/mol. The predicted molar refractivity (Wildman–Crippen MR) is 115 cm³/mol. The molecule has 2 aromatic rings. The summed E-state index contributed by atoms with van der Waals surface area (Å²) in [6, 6.07) is 18.4. The van der Waals surface area contributed by atoms with E-state index in [9.17, 15) is 4.79 Å². The normalized spacial score (nSPS) is 16.8. The Kier molecular flexibility index (Phi) is 9.28. The molecule has 2 N–H and O–H groups in total. The van der Waals surface area contributed by atoms with Crippen LogP contribution in [0, 0.1) is 0 Å². The van der Waals surface area contributed by atoms with Crippen LogP contribution in [-0.2, 0) is 17.9 Å². The number of amides is 1. The Balaban J connectivity index is 0.00000280. The van der Waals surface area contributed by atoms with Gasteiger partial charge < -0.3 is 15.4 Å². The molecule has 0 saturated carbocycles. The third-order valence-electron chi connectivity index (χ3n) is 5.01. The summed E-state index contributed by atoms with van der Waals surface area (Å²) in [5.74, 6) is 0.922. The number of hydrogen-bond acceptors (Lipinski definition) is 4. The van der Waals surface area contributed by atoms with E-state index in [-0.39, 0.29) is 18.3 Å². The first kappa shape index (κ1) is 22.2. The maximum atomic E-state index is 12.4. The molecule has 0 aromatic heterocycles. The van der Waals surface area contributed by atoms with Crippen molar-refractivity contribution in [2.75, 3.05) is 26.7 Å². The molecule has 0 spiro atoms. The second kappa shape index (κ2) is 11.7. The van der Waals surface area contributed by atoms with Crippen LogP contribution in [0.5, 0.6) is 5.75 Å². The molecule has 1 aliphatic heterocycles. The van der Waals surface area contributed by atoms with Crippen LogP contribution in [0.15, 0.2) is 54.6 Å². The molecule has 0 aliphatic carbocycles. The molecule has 28 heavy (non-hydrogen) atoms. The number of nitrogens with one attached hydrogen (secondary N) is 2. The van der Waals surface area contributed by atoms with Crippen molar-refractivity contribution < 1.29 is 9.53 Å². The fourth-order valence-electron chi connectivity index (χ4n) is 3.44. The van der Waals surface area contributed by atoms with Crippen molar-refractivity contribution in [1.29, 1.82) is 0 Å². The molecule has 1 atom stereocenters. The van der Waals surface area contributed by atoms with Gasteiger partial charge in [0, 0.05) is 19.1 Å². The zero-order valence-electron chi connectivity index (χ0n) is 16.4. The van der Waals surface area contributed by atoms with Crippen molar-refractivity contribution >= 4 is 18.3 Å². The first-order chi connectivity index (χ1) is 13.2. The Morgan fingerprint density at radius 2 is 1.82 bits per heavy atom. The number of carbonyl (C=O) groups is 1. The second-order valence-corrected chi connectivity index (χ2v) is 7.01. The number of ether oxygens (including phenoxy) is 1. The van der Waals surface area contributed by atoms with Gasteiger partial charge in [-0.1, -0.05) is 42.5 Å². The van der Waals surface area contributed by atoms with Crippen LogP contribution in [0.1, 0.15) is 24.0 Å². The van der Waals surface area contributed by atoms with Gasteiger partial charge in [-0.25, -0.2) is 0 Å². The van der Waals surface area contributed by atoms with Gasteiger partial charge in [0.2, 0.25) is 5.91 Å². The summed E-state index contributed by atoms with van der Waals surface area (Å²) in [5.41, 5.74) is 2.18. The number of likely N-dealkylation sites (N-methyl/N-ethyl adjacent to an activating group) is 1. The summed E-state index contributed by atoms with van der Waals surface area (Å²) in [4.78, 5) is 14.6. The number of hydrogen-bond donors (Lipinski definition) is 2. The Morgan fingerprint density at radius 3 is 2.57 bits per heavy atom. The highest BCUT2D eigenvalue weighted by Gasteiger charge is 2.20. The largest absolute Gasteiger partial charge is 0.489 e. The number of halogens is 1. The van der Waals surface area contributed by atoms with Gasteiger partial charge in [-0.3, -0.25) is 9.69 Å². The number of piperidine rings is 1. The molecule has 152 valence electrons. The number of para-hydroxylation sites is 1. The lowest BCUT2D eigenvalue weighted by molar-refractivity contribution is -0.122. The minimum Gasteiger partial charge on any atom is -0.489 e. The quantitative estimate of drug-likeness (QED) is 0.711. The summed E-state index contributed by atoms with van der Waals surface area (Å²) in [6.07, 6.45) is 2.32. The highest BCUT2D eigenvalue weighted by Crippen LogP contribution is 2.15. The van der Waals surface area contributed by atoms with Crippen molar-refractivity contribution in [1.82, 2.24) is 15.5 Å². The Bertz CT molecular complexity index is 727. The van der Waals surface area contributed by atoms with Gasteiger partial charge >= 0.3 is 0 Å². The summed E-state index contributed by atoms with van der Waals surface area (Å²) in [7, 11) is 1.99. The molecule has 3 rings (SSSR count). The molecule has 1 amide bonds. The lowest BCUT2D eigenvalue weighted by Crippen LogP contribution is -2.47. The maximum Gasteiger partial charge on any atom is 0.234 e. The fraction of sp³-hybridized carbons (Fsp3) is 0.409. The van der Waals surface area contributed by atoms with Crippen LogP contribution >= 0.6 is 12.4 Å². The smallest absolute Gasteiger partial charge is 0.234 e. The van der Waals surface area contributed by atoms with E-state index < -0.39 is 0 Å². The van der Waals surface area contributed by atoms with Crippen LogP contribution in [-0.4, -0.2) is 43.5 Å². The molecule has 1 saturated heterocycles. The summed E-state index contributed by atoms with van der Waals surface area (Å²) < 4.78 is 5.86. The molecule has 5 nitrogen and oxygen atoms in total. The van der Waals surface area contributed by atoms with Crippen molar-refractivity contribution in [3.05, 3.63) is 65.7 Å². The van der Waals surface area contributed by atoms with Crippen molar-refractivity contribution in [3.8, 4) is 5.75 Å². The van der Waals surface area contributed by atoms with Crippen LogP contribution in [0.2, 0.25) is 0 Å². The van der Waals surface area contributed by atoms with Gasteiger partial charge in [0.25, 0.3) is 0 Å². The average molecular weight is 404 g/mol. The number of likely N-dealkylation sites (tertiary alicyclic amines) is 1. The van der Waals surface area contributed by atoms with Gasteiger partial charge in [-0.05, 0) is 49.7 Å². The van der Waals surface area contributed by atoms with Crippen LogP contribution < -0.4 is 15.4 Å². The van der Waals surface area contributed by atoms with E-state index in [1.54, 1.807) is 0 Å². The van der Waals surface area contributed by atoms with Gasteiger partial charge in [0.1, 0.15) is 12.4 Å². The topological polar surface area (TPSA) is 53.6 Å². The van der Waals surface area contributed by atoms with Gasteiger partial charge in [-0.15, -0.1) is 12.4 Å². The predicted octanol–water partition coefficient (Wildman–Crippen LogP) is 2.99. The van der Waals surface area contributed by atoms with Crippen LogP contribution in [0.25, 0.3) is 0 Å². The lowest BCUT2D eigenvalue weighted by atomic mass is 10.1. The summed E-state index contributed by atoms with van der Waals surface area (Å²) in [5, 5.41) is 6.37. The Hall–Kier alpha value is -2.08. The zero-order chi connectivity index (χ0) is 18.9. The number of rotatable bonds is 8. The van der Waals surface area contributed by atoms with E-state index in [2.05, 4.69) is 15.5 Å². The van der Waals surface area contributed by atoms with E-state index in [0.717, 1.165) is 36.4 Å². The fourth-order valence-corrected chi connectivity index (χ4v) is 3.44. The third kappa shape index (κ3) is 6.82. The number of nitrogens with zero attached hydrogens (tertiary/aromatic N) is 1. The Morgan fingerprint density at radius 1 is 1.11 bits per heavy atom. The molecule has 1 aliphatic rings. The maximum absolute atomic E-state index is 12.4. The molecule has 0 radical (unpaired) electrons. The molecule has 6 heteroatoms. The molecule has 1 fully saturated rings. The third-order valence-corrected chi connectivity index (χ3v) is 5.01. The highest BCUT2D eigenvalue weighted by molar-refractivity contribution is 5.85. The van der Waals surface area contributed by atoms with E-state index in [1.165, 1.54) is 6.42 Å². The molecule has 2 aromatic carbocycles. The molecular formula is C22H30ClN3O2. The Labute approximate surface area is 173 Å². The van der Waals surface area contributed by atoms with Crippen LogP contribution in [0.3, 0.4) is 0 Å². The molecule has 1 unspecified atom stereocenters. The molecule has 1 heterocycles.